The minimum atomic E-state index is 0.851. The van der Waals surface area contributed by atoms with E-state index in [1.807, 2.05) is 0 Å². The molecule has 2 aliphatic carbocycles. The van der Waals surface area contributed by atoms with Gasteiger partial charge in [-0.2, -0.15) is 0 Å². The second-order valence-corrected chi connectivity index (χ2v) is 6.99. The summed E-state index contributed by atoms with van der Waals surface area (Å²) in [5.74, 6) is 3.59. The van der Waals surface area contributed by atoms with Crippen LogP contribution in [0.15, 0.2) is 9.98 Å². The van der Waals surface area contributed by atoms with E-state index >= 15 is 0 Å². The van der Waals surface area contributed by atoms with E-state index in [9.17, 15) is 0 Å². The van der Waals surface area contributed by atoms with Gasteiger partial charge in [-0.25, -0.2) is 0 Å². The smallest absolute Gasteiger partial charge is 0.0419 e. The fraction of sp³-hybridized carbons (Fsp3) is 0.895. The second-order valence-electron chi connectivity index (χ2n) is 6.99. The molecule has 0 heterocycles. The summed E-state index contributed by atoms with van der Waals surface area (Å²) in [5, 5.41) is 0. The summed E-state index contributed by atoms with van der Waals surface area (Å²) >= 11 is 0. The molecule has 2 bridgehead atoms. The zero-order valence-electron chi connectivity index (χ0n) is 14.6. The third-order valence-electron chi connectivity index (χ3n) is 5.82. The highest BCUT2D eigenvalue weighted by molar-refractivity contribution is 5.84. The van der Waals surface area contributed by atoms with Gasteiger partial charge < -0.3 is 0 Å². The Labute approximate surface area is 131 Å². The lowest BCUT2D eigenvalue weighted by Gasteiger charge is -2.28. The van der Waals surface area contributed by atoms with Gasteiger partial charge in [0.1, 0.15) is 0 Å². The summed E-state index contributed by atoms with van der Waals surface area (Å²) in [6, 6.07) is 0. The van der Waals surface area contributed by atoms with Gasteiger partial charge in [0.2, 0.25) is 0 Å². The highest BCUT2D eigenvalue weighted by atomic mass is 14.8. The summed E-state index contributed by atoms with van der Waals surface area (Å²) in [6.45, 7) is 11.1. The van der Waals surface area contributed by atoms with Crippen LogP contribution in [0.4, 0.5) is 0 Å². The molecule has 2 rings (SSSR count). The minimum absolute atomic E-state index is 0.851. The van der Waals surface area contributed by atoms with E-state index in [1.54, 1.807) is 0 Å². The van der Waals surface area contributed by atoms with Crippen molar-refractivity contribution in [3.8, 4) is 0 Å². The molecule has 2 fully saturated rings. The lowest BCUT2D eigenvalue weighted by atomic mass is 9.80. The number of hydrogen-bond acceptors (Lipinski definition) is 2. The van der Waals surface area contributed by atoms with Crippen molar-refractivity contribution in [1.29, 1.82) is 0 Å². The molecule has 21 heavy (non-hydrogen) atoms. The summed E-state index contributed by atoms with van der Waals surface area (Å²) in [4.78, 5) is 9.81. The van der Waals surface area contributed by atoms with Crippen molar-refractivity contribution in [2.75, 3.05) is 13.1 Å². The Morgan fingerprint density at radius 3 is 1.48 bits per heavy atom. The molecule has 2 nitrogen and oxygen atoms in total. The SMILES string of the molecule is CCC(CC)=NCC1CC2CC(CN=C(CC)CC)C1C2. The number of nitrogens with zero attached hydrogens (tertiary/aromatic N) is 2. The van der Waals surface area contributed by atoms with Crippen molar-refractivity contribution in [3.05, 3.63) is 0 Å². The number of hydrogen-bond donors (Lipinski definition) is 0. The van der Waals surface area contributed by atoms with Crippen molar-refractivity contribution in [2.24, 2.45) is 33.7 Å². The normalized spacial score (nSPS) is 30.5. The van der Waals surface area contributed by atoms with E-state index in [-0.39, 0.29) is 0 Å². The third-order valence-corrected chi connectivity index (χ3v) is 5.82. The van der Waals surface area contributed by atoms with Gasteiger partial charge >= 0.3 is 0 Å². The largest absolute Gasteiger partial charge is 0.294 e. The van der Waals surface area contributed by atoms with Crippen LogP contribution >= 0.6 is 0 Å². The first-order chi connectivity index (χ1) is 10.2. The molecule has 0 radical (unpaired) electrons. The first-order valence-electron chi connectivity index (χ1n) is 9.25. The minimum Gasteiger partial charge on any atom is -0.294 e. The van der Waals surface area contributed by atoms with E-state index < -0.39 is 0 Å². The van der Waals surface area contributed by atoms with Crippen LogP contribution in [0.2, 0.25) is 0 Å². The third kappa shape index (κ3) is 4.17. The quantitative estimate of drug-likeness (QED) is 0.551. The van der Waals surface area contributed by atoms with E-state index in [1.165, 1.54) is 30.7 Å². The molecule has 0 aliphatic heterocycles. The molecule has 0 aromatic rings. The van der Waals surface area contributed by atoms with Gasteiger partial charge in [0.05, 0.1) is 0 Å². The number of rotatable bonds is 8. The van der Waals surface area contributed by atoms with Gasteiger partial charge in [-0.05, 0) is 68.6 Å². The molecule has 2 saturated carbocycles. The van der Waals surface area contributed by atoms with Crippen molar-refractivity contribution in [2.45, 2.75) is 72.6 Å². The summed E-state index contributed by atoms with van der Waals surface area (Å²) in [5.41, 5.74) is 2.82. The molecular formula is C19H34N2. The first kappa shape index (κ1) is 16.7. The zero-order valence-corrected chi connectivity index (χ0v) is 14.6. The Morgan fingerprint density at radius 1 is 0.714 bits per heavy atom. The second kappa shape index (κ2) is 8.10. The van der Waals surface area contributed by atoms with Crippen molar-refractivity contribution in [3.63, 3.8) is 0 Å². The molecule has 0 spiro atoms. The molecule has 0 amide bonds. The zero-order chi connectivity index (χ0) is 15.2. The first-order valence-corrected chi connectivity index (χ1v) is 9.25. The predicted octanol–water partition coefficient (Wildman–Crippen LogP) is 5.17. The monoisotopic (exact) mass is 290 g/mol. The lowest BCUT2D eigenvalue weighted by molar-refractivity contribution is 0.250. The Balaban J connectivity index is 1.90. The van der Waals surface area contributed by atoms with Gasteiger partial charge in [0.25, 0.3) is 0 Å². The standard InChI is InChI=1S/C19H34N2/c1-5-17(6-2)20-12-15-9-14-10-16(19(15)11-14)13-21-18(7-3)8-4/h14-16,19H,5-13H2,1-4H3. The van der Waals surface area contributed by atoms with Gasteiger partial charge in [0.15, 0.2) is 0 Å². The average Bonchev–Trinajstić information content (AvgIpc) is 3.09. The summed E-state index contributed by atoms with van der Waals surface area (Å²) in [6.07, 6.45) is 8.83. The number of aliphatic imine (C=N–C) groups is 2. The van der Waals surface area contributed by atoms with Gasteiger partial charge in [0, 0.05) is 24.5 Å². The molecule has 2 atom stereocenters. The molecule has 0 saturated heterocycles. The molecule has 2 heteroatoms. The van der Waals surface area contributed by atoms with Gasteiger partial charge in [-0.15, -0.1) is 0 Å². The van der Waals surface area contributed by atoms with Crippen molar-refractivity contribution < 1.29 is 0 Å². The Hall–Kier alpha value is -0.660. The van der Waals surface area contributed by atoms with Crippen LogP contribution in [-0.4, -0.2) is 24.5 Å². The van der Waals surface area contributed by atoms with Crippen molar-refractivity contribution in [1.82, 2.24) is 0 Å². The Kier molecular flexibility index (Phi) is 6.44. The molecule has 2 unspecified atom stereocenters. The molecule has 0 aromatic carbocycles. The highest BCUT2D eigenvalue weighted by Crippen LogP contribution is 2.52. The van der Waals surface area contributed by atoms with Crippen LogP contribution in [0.25, 0.3) is 0 Å². The topological polar surface area (TPSA) is 24.7 Å². The summed E-state index contributed by atoms with van der Waals surface area (Å²) in [7, 11) is 0. The molecule has 0 aromatic heterocycles. The van der Waals surface area contributed by atoms with E-state index in [0.717, 1.165) is 62.4 Å². The Morgan fingerprint density at radius 2 is 1.14 bits per heavy atom. The van der Waals surface area contributed by atoms with Gasteiger partial charge in [-0.1, -0.05) is 27.7 Å². The molecule has 120 valence electrons. The molecular weight excluding hydrogens is 256 g/mol. The summed E-state index contributed by atoms with van der Waals surface area (Å²) < 4.78 is 0. The van der Waals surface area contributed by atoms with Crippen LogP contribution in [0.5, 0.6) is 0 Å². The van der Waals surface area contributed by atoms with Crippen LogP contribution in [0.1, 0.15) is 72.6 Å². The van der Waals surface area contributed by atoms with Crippen molar-refractivity contribution >= 4 is 11.4 Å². The van der Waals surface area contributed by atoms with Crippen LogP contribution in [0, 0.1) is 23.7 Å². The molecule has 0 N–H and O–H groups in total. The maximum Gasteiger partial charge on any atom is 0.0419 e. The van der Waals surface area contributed by atoms with Crippen LogP contribution in [-0.2, 0) is 0 Å². The van der Waals surface area contributed by atoms with E-state index in [2.05, 4.69) is 27.7 Å². The Bertz CT molecular complexity index is 337. The van der Waals surface area contributed by atoms with E-state index in [0.29, 0.717) is 0 Å². The fourth-order valence-corrected chi connectivity index (χ4v) is 4.51. The number of fused-ring (bicyclic) bond motifs is 2. The maximum absolute atomic E-state index is 4.90. The maximum atomic E-state index is 4.90. The molecule has 2 aliphatic rings. The van der Waals surface area contributed by atoms with Crippen LogP contribution < -0.4 is 0 Å². The fourth-order valence-electron chi connectivity index (χ4n) is 4.51. The lowest BCUT2D eigenvalue weighted by Crippen LogP contribution is -2.25. The van der Waals surface area contributed by atoms with Gasteiger partial charge in [-0.3, -0.25) is 9.98 Å². The highest BCUT2D eigenvalue weighted by Gasteiger charge is 2.45. The predicted molar refractivity (Wildman–Crippen MR) is 93.6 cm³/mol. The van der Waals surface area contributed by atoms with Crippen LogP contribution in [0.3, 0.4) is 0 Å². The average molecular weight is 290 g/mol. The van der Waals surface area contributed by atoms with E-state index in [4.69, 9.17) is 9.98 Å².